The van der Waals surface area contributed by atoms with Crippen molar-refractivity contribution in [3.05, 3.63) is 0 Å². The van der Waals surface area contributed by atoms with Crippen LogP contribution in [-0.2, 0) is 9.53 Å². The quantitative estimate of drug-likeness (QED) is 0.583. The van der Waals surface area contributed by atoms with Gasteiger partial charge in [-0.2, -0.15) is 11.8 Å². The van der Waals surface area contributed by atoms with Crippen molar-refractivity contribution in [2.75, 3.05) is 25.7 Å². The predicted molar refractivity (Wildman–Crippen MR) is 72.0 cm³/mol. The second kappa shape index (κ2) is 10.0. The molecule has 0 aromatic rings. The fourth-order valence-electron chi connectivity index (χ4n) is 1.34. The maximum absolute atomic E-state index is 11.6. The summed E-state index contributed by atoms with van der Waals surface area (Å²) in [5, 5.41) is 14.1. The molecule has 0 rings (SSSR count). The van der Waals surface area contributed by atoms with E-state index in [1.807, 2.05) is 13.2 Å². The van der Waals surface area contributed by atoms with Crippen LogP contribution in [0.5, 0.6) is 0 Å². The van der Waals surface area contributed by atoms with E-state index in [2.05, 4.69) is 10.6 Å². The van der Waals surface area contributed by atoms with Crippen molar-refractivity contribution in [3.63, 3.8) is 0 Å². The Balaban J connectivity index is 4.19. The first-order valence-corrected chi connectivity index (χ1v) is 7.22. The molecule has 1 unspecified atom stereocenters. The molecule has 106 valence electrons. The summed E-state index contributed by atoms with van der Waals surface area (Å²) in [4.78, 5) is 22.6. The second-order valence-electron chi connectivity index (χ2n) is 3.85. The lowest BCUT2D eigenvalue weighted by Crippen LogP contribution is -2.50. The van der Waals surface area contributed by atoms with Crippen molar-refractivity contribution in [1.82, 2.24) is 10.6 Å². The number of amides is 2. The number of aliphatic carboxylic acids is 1. The van der Waals surface area contributed by atoms with E-state index >= 15 is 0 Å². The average Bonchev–Trinajstić information content (AvgIpc) is 2.33. The molecule has 0 aromatic carbocycles. The maximum atomic E-state index is 11.6. The zero-order valence-corrected chi connectivity index (χ0v) is 11.9. The summed E-state index contributed by atoms with van der Waals surface area (Å²) in [5.74, 6) is -0.328. The van der Waals surface area contributed by atoms with E-state index in [4.69, 9.17) is 9.84 Å². The van der Waals surface area contributed by atoms with Gasteiger partial charge in [-0.15, -0.1) is 0 Å². The zero-order chi connectivity index (χ0) is 14.0. The number of carboxylic acids is 1. The van der Waals surface area contributed by atoms with Gasteiger partial charge < -0.3 is 20.5 Å². The standard InChI is InChI=1S/C11H22N2O4S/c1-4-8(7-17-2)12-11(16)13-9(10(14)15)5-6-18-3/h8-9H,4-7H2,1-3H3,(H,14,15)(H2,12,13,16)/t8?,9-/m0/s1. The Morgan fingerprint density at radius 1 is 1.39 bits per heavy atom. The van der Waals surface area contributed by atoms with Crippen LogP contribution in [0.4, 0.5) is 4.79 Å². The lowest BCUT2D eigenvalue weighted by molar-refractivity contribution is -0.139. The number of hydrogen-bond acceptors (Lipinski definition) is 4. The SMILES string of the molecule is CCC(COC)NC(=O)N[C@@H](CCSC)C(=O)O. The molecule has 2 amide bonds. The highest BCUT2D eigenvalue weighted by Gasteiger charge is 2.20. The Kier molecular flexibility index (Phi) is 9.49. The Labute approximate surface area is 112 Å². The van der Waals surface area contributed by atoms with E-state index < -0.39 is 18.0 Å². The summed E-state index contributed by atoms with van der Waals surface area (Å²) >= 11 is 1.55. The molecule has 18 heavy (non-hydrogen) atoms. The van der Waals surface area contributed by atoms with Gasteiger partial charge in [0.15, 0.2) is 0 Å². The summed E-state index contributed by atoms with van der Waals surface area (Å²) < 4.78 is 4.95. The molecule has 0 fully saturated rings. The lowest BCUT2D eigenvalue weighted by atomic mass is 10.2. The number of carboxylic acid groups (broad SMARTS) is 1. The summed E-state index contributed by atoms with van der Waals surface area (Å²) in [6, 6.07) is -1.42. The Morgan fingerprint density at radius 3 is 2.50 bits per heavy atom. The molecule has 3 N–H and O–H groups in total. The van der Waals surface area contributed by atoms with Crippen molar-refractivity contribution in [2.45, 2.75) is 31.8 Å². The molecule has 7 heteroatoms. The molecule has 0 saturated carbocycles. The number of carbonyl (C=O) groups is 2. The molecule has 6 nitrogen and oxygen atoms in total. The number of urea groups is 1. The van der Waals surface area contributed by atoms with Gasteiger partial charge in [-0.3, -0.25) is 0 Å². The summed E-state index contributed by atoms with van der Waals surface area (Å²) in [6.07, 6.45) is 3.03. The maximum Gasteiger partial charge on any atom is 0.326 e. The third-order valence-electron chi connectivity index (χ3n) is 2.41. The lowest BCUT2D eigenvalue weighted by Gasteiger charge is -2.19. The van der Waals surface area contributed by atoms with Gasteiger partial charge in [0.05, 0.1) is 12.6 Å². The van der Waals surface area contributed by atoms with Crippen molar-refractivity contribution in [1.29, 1.82) is 0 Å². The third-order valence-corrected chi connectivity index (χ3v) is 3.05. The normalized spacial score (nSPS) is 13.7. The fraction of sp³-hybridized carbons (Fsp3) is 0.818. The Bertz CT molecular complexity index is 263. The van der Waals surface area contributed by atoms with Crippen LogP contribution >= 0.6 is 11.8 Å². The van der Waals surface area contributed by atoms with Crippen LogP contribution in [0.2, 0.25) is 0 Å². The highest BCUT2D eigenvalue weighted by atomic mass is 32.2. The van der Waals surface area contributed by atoms with Crippen LogP contribution in [0.25, 0.3) is 0 Å². The molecule has 0 aliphatic heterocycles. The van der Waals surface area contributed by atoms with Gasteiger partial charge in [0.25, 0.3) is 0 Å². The van der Waals surface area contributed by atoms with E-state index in [0.29, 0.717) is 18.8 Å². The van der Waals surface area contributed by atoms with Crippen molar-refractivity contribution in [3.8, 4) is 0 Å². The molecule has 0 heterocycles. The first kappa shape index (κ1) is 17.1. The number of carbonyl (C=O) groups excluding carboxylic acids is 1. The number of hydrogen-bond donors (Lipinski definition) is 3. The van der Waals surface area contributed by atoms with E-state index in [9.17, 15) is 9.59 Å². The molecule has 0 saturated heterocycles. The topological polar surface area (TPSA) is 87.7 Å². The van der Waals surface area contributed by atoms with Gasteiger partial charge in [0, 0.05) is 7.11 Å². The Hall–Kier alpha value is -0.950. The average molecular weight is 278 g/mol. The highest BCUT2D eigenvalue weighted by Crippen LogP contribution is 2.01. The monoisotopic (exact) mass is 278 g/mol. The molecule has 0 bridgehead atoms. The fourth-order valence-corrected chi connectivity index (χ4v) is 1.81. The molecule has 0 aliphatic rings. The van der Waals surface area contributed by atoms with Crippen LogP contribution in [-0.4, -0.2) is 54.9 Å². The van der Waals surface area contributed by atoms with Gasteiger partial charge in [0.1, 0.15) is 6.04 Å². The molecular weight excluding hydrogens is 256 g/mol. The molecule has 0 aliphatic carbocycles. The number of methoxy groups -OCH3 is 1. The van der Waals surface area contributed by atoms with Crippen molar-refractivity contribution < 1.29 is 19.4 Å². The smallest absolute Gasteiger partial charge is 0.326 e. The molecule has 2 atom stereocenters. The van der Waals surface area contributed by atoms with E-state index in [1.165, 1.54) is 0 Å². The highest BCUT2D eigenvalue weighted by molar-refractivity contribution is 7.98. The van der Waals surface area contributed by atoms with E-state index in [0.717, 1.165) is 6.42 Å². The molecular formula is C11H22N2O4S. The zero-order valence-electron chi connectivity index (χ0n) is 11.1. The molecule has 0 spiro atoms. The van der Waals surface area contributed by atoms with Crippen LogP contribution in [0.1, 0.15) is 19.8 Å². The van der Waals surface area contributed by atoms with E-state index in [1.54, 1.807) is 18.9 Å². The predicted octanol–water partition coefficient (Wildman–Crippen LogP) is 0.917. The minimum Gasteiger partial charge on any atom is -0.480 e. The van der Waals surface area contributed by atoms with Gasteiger partial charge in [-0.1, -0.05) is 6.92 Å². The van der Waals surface area contributed by atoms with Crippen LogP contribution in [0.15, 0.2) is 0 Å². The molecule has 0 radical (unpaired) electrons. The summed E-state index contributed by atoms with van der Waals surface area (Å²) in [6.45, 7) is 2.33. The Morgan fingerprint density at radius 2 is 2.06 bits per heavy atom. The number of ether oxygens (including phenoxy) is 1. The van der Waals surface area contributed by atoms with Gasteiger partial charge >= 0.3 is 12.0 Å². The van der Waals surface area contributed by atoms with Crippen LogP contribution in [0, 0.1) is 0 Å². The number of nitrogens with one attached hydrogen (secondary N) is 2. The minimum absolute atomic E-state index is 0.106. The number of rotatable bonds is 9. The summed E-state index contributed by atoms with van der Waals surface area (Å²) in [5.41, 5.74) is 0. The third kappa shape index (κ3) is 7.39. The first-order chi connectivity index (χ1) is 8.54. The van der Waals surface area contributed by atoms with Crippen LogP contribution < -0.4 is 10.6 Å². The largest absolute Gasteiger partial charge is 0.480 e. The van der Waals surface area contributed by atoms with Gasteiger partial charge in [-0.05, 0) is 24.9 Å². The summed E-state index contributed by atoms with van der Waals surface area (Å²) in [7, 11) is 1.56. The minimum atomic E-state index is -1.01. The van der Waals surface area contributed by atoms with Gasteiger partial charge in [0.2, 0.25) is 0 Å². The second-order valence-corrected chi connectivity index (χ2v) is 4.84. The van der Waals surface area contributed by atoms with Crippen LogP contribution in [0.3, 0.4) is 0 Å². The van der Waals surface area contributed by atoms with Crippen molar-refractivity contribution >= 4 is 23.8 Å². The van der Waals surface area contributed by atoms with Crippen molar-refractivity contribution in [2.24, 2.45) is 0 Å². The van der Waals surface area contributed by atoms with E-state index in [-0.39, 0.29) is 6.04 Å². The molecule has 0 aromatic heterocycles. The van der Waals surface area contributed by atoms with Gasteiger partial charge in [-0.25, -0.2) is 9.59 Å². The number of thioether (sulfide) groups is 1. The first-order valence-electron chi connectivity index (χ1n) is 5.82.